The standard InChI is InChI=1S/C21H25BF3N3O3/c1-13-10-16(4-5-17(13)23)26-19(29)14-11-18(27(3)12-14)21(24,25)20(30)28-8-6-15(7-9-28)22(2)31/h4-5,10-12,15,31H,6-9H2,1-3H3,(H,26,29). The lowest BCUT2D eigenvalue weighted by atomic mass is 9.55. The van der Waals surface area contributed by atoms with E-state index in [1.54, 1.807) is 13.7 Å². The SMILES string of the molecule is CB(O)C1CCN(C(=O)C(F)(F)c2cc(C(=O)Nc3ccc(F)c(C)c3)cn2C)CC1. The van der Waals surface area contributed by atoms with Crippen molar-refractivity contribution in [3.63, 3.8) is 0 Å². The van der Waals surface area contributed by atoms with E-state index in [0.717, 1.165) is 15.5 Å². The molecule has 0 radical (unpaired) electrons. The zero-order chi connectivity index (χ0) is 22.9. The number of carbonyl (C=O) groups is 2. The molecule has 0 bridgehead atoms. The molecule has 0 spiro atoms. The molecule has 0 aliphatic carbocycles. The molecule has 1 aromatic heterocycles. The summed E-state index contributed by atoms with van der Waals surface area (Å²) in [6, 6.07) is 5.01. The molecule has 1 aromatic carbocycles. The van der Waals surface area contributed by atoms with Crippen LogP contribution < -0.4 is 5.32 Å². The highest BCUT2D eigenvalue weighted by atomic mass is 19.3. The van der Waals surface area contributed by atoms with E-state index in [1.807, 2.05) is 0 Å². The van der Waals surface area contributed by atoms with Gasteiger partial charge in [-0.05, 0) is 55.4 Å². The number of aryl methyl sites for hydroxylation is 2. The number of benzene rings is 1. The van der Waals surface area contributed by atoms with Crippen molar-refractivity contribution in [2.45, 2.75) is 38.3 Å². The summed E-state index contributed by atoms with van der Waals surface area (Å²) in [5.74, 6) is -6.21. The fraction of sp³-hybridized carbons (Fsp3) is 0.429. The number of aromatic nitrogens is 1. The minimum Gasteiger partial charge on any atom is -0.450 e. The van der Waals surface area contributed by atoms with Crippen LogP contribution >= 0.6 is 0 Å². The van der Waals surface area contributed by atoms with E-state index >= 15 is 8.78 Å². The topological polar surface area (TPSA) is 74.6 Å². The fourth-order valence-corrected chi connectivity index (χ4v) is 3.82. The summed E-state index contributed by atoms with van der Waals surface area (Å²) in [5, 5.41) is 12.2. The summed E-state index contributed by atoms with van der Waals surface area (Å²) < 4.78 is 44.5. The summed E-state index contributed by atoms with van der Waals surface area (Å²) in [4.78, 5) is 26.1. The predicted molar refractivity (Wildman–Crippen MR) is 112 cm³/mol. The van der Waals surface area contributed by atoms with E-state index in [0.29, 0.717) is 24.1 Å². The van der Waals surface area contributed by atoms with Gasteiger partial charge in [0, 0.05) is 32.0 Å². The Morgan fingerprint density at radius 3 is 2.45 bits per heavy atom. The predicted octanol–water partition coefficient (Wildman–Crippen LogP) is 3.42. The molecule has 1 saturated heterocycles. The number of nitrogens with one attached hydrogen (secondary N) is 1. The Morgan fingerprint density at radius 1 is 1.23 bits per heavy atom. The second-order valence-electron chi connectivity index (χ2n) is 8.09. The maximum Gasteiger partial charge on any atom is 0.364 e. The highest BCUT2D eigenvalue weighted by Crippen LogP contribution is 2.34. The van der Waals surface area contributed by atoms with Crippen molar-refractivity contribution in [3.8, 4) is 0 Å². The van der Waals surface area contributed by atoms with Crippen LogP contribution in [0.4, 0.5) is 18.9 Å². The first-order chi connectivity index (χ1) is 14.5. The van der Waals surface area contributed by atoms with Crippen molar-refractivity contribution in [1.29, 1.82) is 0 Å². The van der Waals surface area contributed by atoms with Gasteiger partial charge in [0.15, 0.2) is 0 Å². The van der Waals surface area contributed by atoms with E-state index in [2.05, 4.69) is 5.32 Å². The number of halogens is 3. The fourth-order valence-electron chi connectivity index (χ4n) is 3.82. The first-order valence-electron chi connectivity index (χ1n) is 10.1. The maximum absolute atomic E-state index is 15.0. The summed E-state index contributed by atoms with van der Waals surface area (Å²) in [6.45, 7) is 2.94. The lowest BCUT2D eigenvalue weighted by molar-refractivity contribution is -0.160. The number of nitrogens with zero attached hydrogens (tertiary/aromatic N) is 2. The molecule has 2 heterocycles. The molecule has 1 aliphatic rings. The van der Waals surface area contributed by atoms with Crippen LogP contribution in [0.15, 0.2) is 30.5 Å². The van der Waals surface area contributed by atoms with E-state index in [9.17, 15) is 19.0 Å². The first kappa shape index (κ1) is 22.9. The van der Waals surface area contributed by atoms with Gasteiger partial charge in [0.2, 0.25) is 0 Å². The number of anilines is 1. The Bertz CT molecular complexity index is 985. The van der Waals surface area contributed by atoms with Crippen LogP contribution in [0.1, 0.15) is 34.5 Å². The molecule has 1 aliphatic heterocycles. The molecule has 2 amide bonds. The Morgan fingerprint density at radius 2 is 1.87 bits per heavy atom. The minimum absolute atomic E-state index is 0.0156. The van der Waals surface area contributed by atoms with Crippen LogP contribution in [0.2, 0.25) is 12.6 Å². The quantitative estimate of drug-likeness (QED) is 0.707. The molecule has 2 N–H and O–H groups in total. The molecule has 0 atom stereocenters. The monoisotopic (exact) mass is 435 g/mol. The number of amides is 2. The van der Waals surface area contributed by atoms with Crippen LogP contribution in [0.3, 0.4) is 0 Å². The molecule has 6 nitrogen and oxygen atoms in total. The van der Waals surface area contributed by atoms with Crippen molar-refractivity contribution in [2.24, 2.45) is 7.05 Å². The number of hydrogen-bond acceptors (Lipinski definition) is 3. The lowest BCUT2D eigenvalue weighted by Gasteiger charge is -2.34. The maximum atomic E-state index is 15.0. The van der Waals surface area contributed by atoms with Gasteiger partial charge in [-0.2, -0.15) is 8.78 Å². The Kier molecular flexibility index (Phi) is 6.50. The van der Waals surface area contributed by atoms with E-state index in [-0.39, 0.29) is 24.5 Å². The Hall–Kier alpha value is -2.75. The third-order valence-electron chi connectivity index (χ3n) is 5.78. The molecule has 2 aromatic rings. The first-order valence-corrected chi connectivity index (χ1v) is 10.1. The van der Waals surface area contributed by atoms with Gasteiger partial charge < -0.3 is 19.8 Å². The molecule has 166 valence electrons. The lowest BCUT2D eigenvalue weighted by Crippen LogP contribution is -2.46. The second-order valence-corrected chi connectivity index (χ2v) is 8.09. The highest BCUT2D eigenvalue weighted by Gasteiger charge is 2.47. The van der Waals surface area contributed by atoms with Gasteiger partial charge in [-0.3, -0.25) is 9.59 Å². The number of piperidine rings is 1. The molecule has 1 fully saturated rings. The van der Waals surface area contributed by atoms with Crippen molar-refractivity contribution in [2.75, 3.05) is 18.4 Å². The summed E-state index contributed by atoms with van der Waals surface area (Å²) in [6.07, 6.45) is 2.14. The van der Waals surface area contributed by atoms with Crippen molar-refractivity contribution >= 4 is 24.4 Å². The van der Waals surface area contributed by atoms with E-state index < -0.39 is 36.2 Å². The van der Waals surface area contributed by atoms with Gasteiger partial charge in [-0.25, -0.2) is 4.39 Å². The normalized spacial score (nSPS) is 15.1. The summed E-state index contributed by atoms with van der Waals surface area (Å²) >= 11 is 0. The second kappa shape index (κ2) is 8.78. The molecule has 10 heteroatoms. The molecule has 31 heavy (non-hydrogen) atoms. The van der Waals surface area contributed by atoms with Crippen molar-refractivity contribution in [3.05, 3.63) is 53.1 Å². The van der Waals surface area contributed by atoms with Gasteiger partial charge in [0.25, 0.3) is 18.7 Å². The van der Waals surface area contributed by atoms with Crippen LogP contribution in [-0.4, -0.2) is 46.3 Å². The Labute approximate surface area is 179 Å². The summed E-state index contributed by atoms with van der Waals surface area (Å²) in [7, 11) is 1.34. The smallest absolute Gasteiger partial charge is 0.364 e. The molecular weight excluding hydrogens is 410 g/mol. The van der Waals surface area contributed by atoms with Gasteiger partial charge in [0.05, 0.1) is 11.3 Å². The number of alkyl halides is 2. The molecule has 0 saturated carbocycles. The van der Waals surface area contributed by atoms with Crippen LogP contribution in [0, 0.1) is 12.7 Å². The number of rotatable bonds is 5. The number of likely N-dealkylation sites (tertiary alicyclic amines) is 1. The zero-order valence-electron chi connectivity index (χ0n) is 17.7. The number of hydrogen-bond donors (Lipinski definition) is 2. The number of carbonyl (C=O) groups excluding carboxylic acids is 2. The Balaban J connectivity index is 1.74. The van der Waals surface area contributed by atoms with E-state index in [1.165, 1.54) is 31.4 Å². The molecular formula is C21H25BF3N3O3. The van der Waals surface area contributed by atoms with Gasteiger partial charge in [-0.1, -0.05) is 6.82 Å². The van der Waals surface area contributed by atoms with Crippen LogP contribution in [0.25, 0.3) is 0 Å². The van der Waals surface area contributed by atoms with Gasteiger partial charge in [-0.15, -0.1) is 0 Å². The van der Waals surface area contributed by atoms with E-state index in [4.69, 9.17) is 0 Å². The third kappa shape index (κ3) is 4.79. The average molecular weight is 435 g/mol. The minimum atomic E-state index is -3.81. The van der Waals surface area contributed by atoms with Crippen LogP contribution in [-0.2, 0) is 17.8 Å². The highest BCUT2D eigenvalue weighted by molar-refractivity contribution is 6.50. The zero-order valence-corrected chi connectivity index (χ0v) is 17.7. The van der Waals surface area contributed by atoms with Crippen molar-refractivity contribution < 1.29 is 27.8 Å². The third-order valence-corrected chi connectivity index (χ3v) is 5.78. The summed E-state index contributed by atoms with van der Waals surface area (Å²) in [5.41, 5.74) is 0.0384. The van der Waals surface area contributed by atoms with Gasteiger partial charge >= 0.3 is 5.92 Å². The molecule has 0 unspecified atom stereocenters. The van der Waals surface area contributed by atoms with Gasteiger partial charge in [0.1, 0.15) is 5.82 Å². The van der Waals surface area contributed by atoms with Crippen LogP contribution in [0.5, 0.6) is 0 Å². The van der Waals surface area contributed by atoms with Crippen molar-refractivity contribution in [1.82, 2.24) is 9.47 Å². The largest absolute Gasteiger partial charge is 0.450 e. The average Bonchev–Trinajstić information content (AvgIpc) is 3.13. The molecule has 3 rings (SSSR count).